The number of nitrogens with zero attached hydrogens (tertiary/aromatic N) is 2. The maximum Gasteiger partial charge on any atom is 0.310 e. The van der Waals surface area contributed by atoms with Crippen molar-refractivity contribution >= 4 is 17.3 Å². The van der Waals surface area contributed by atoms with Gasteiger partial charge in [-0.2, -0.15) is 5.10 Å². The molecule has 0 aliphatic carbocycles. The Morgan fingerprint density at radius 2 is 2.00 bits per heavy atom. The van der Waals surface area contributed by atoms with Crippen LogP contribution in [0.1, 0.15) is 18.9 Å². The summed E-state index contributed by atoms with van der Waals surface area (Å²) in [6, 6.07) is 13.3. The molecule has 3 rings (SSSR count). The zero-order valence-corrected chi connectivity index (χ0v) is 14.0. The number of rotatable bonds is 5. The van der Waals surface area contributed by atoms with Gasteiger partial charge in [0.05, 0.1) is 17.2 Å². The van der Waals surface area contributed by atoms with Gasteiger partial charge in [0.15, 0.2) is 11.9 Å². The van der Waals surface area contributed by atoms with Crippen molar-refractivity contribution in [3.05, 3.63) is 64.2 Å². The van der Waals surface area contributed by atoms with E-state index in [1.165, 1.54) is 25.1 Å². The van der Waals surface area contributed by atoms with Gasteiger partial charge in [-0.25, -0.2) is 5.43 Å². The molecule has 26 heavy (non-hydrogen) atoms. The molecule has 1 heterocycles. The Kier molecular flexibility index (Phi) is 5.12. The number of nitro benzene ring substituents is 1. The summed E-state index contributed by atoms with van der Waals surface area (Å²) in [7, 11) is 0. The monoisotopic (exact) mass is 355 g/mol. The van der Waals surface area contributed by atoms with Crippen LogP contribution in [0.3, 0.4) is 0 Å². The highest BCUT2D eigenvalue weighted by molar-refractivity contribution is 6.04. The Hall–Kier alpha value is -3.42. The average Bonchev–Trinajstić information content (AvgIpc) is 2.66. The molecule has 0 unspecified atom stereocenters. The van der Waals surface area contributed by atoms with Crippen molar-refractivity contribution in [1.29, 1.82) is 0 Å². The van der Waals surface area contributed by atoms with Gasteiger partial charge in [-0.3, -0.25) is 14.9 Å². The largest absolute Gasteiger partial charge is 0.492 e. The molecular weight excluding hydrogens is 338 g/mol. The fraction of sp³-hybridized carbons (Fsp3) is 0.222. The molecule has 0 spiro atoms. The summed E-state index contributed by atoms with van der Waals surface area (Å²) in [6.07, 6.45) is -0.382. The number of carbonyl (C=O) groups is 1. The lowest BCUT2D eigenvalue weighted by molar-refractivity contribution is -0.386. The smallest absolute Gasteiger partial charge is 0.310 e. The molecular formula is C18H17N3O5. The highest BCUT2D eigenvalue weighted by Gasteiger charge is 2.21. The minimum absolute atomic E-state index is 0.0317. The van der Waals surface area contributed by atoms with Gasteiger partial charge in [-0.15, -0.1) is 0 Å². The molecule has 1 atom stereocenters. The quantitative estimate of drug-likeness (QED) is 0.656. The van der Waals surface area contributed by atoms with Gasteiger partial charge < -0.3 is 9.47 Å². The number of hydrogen-bond acceptors (Lipinski definition) is 6. The van der Waals surface area contributed by atoms with Crippen molar-refractivity contribution in [2.45, 2.75) is 19.4 Å². The normalized spacial score (nSPS) is 15.5. The Morgan fingerprint density at radius 3 is 2.81 bits per heavy atom. The summed E-state index contributed by atoms with van der Waals surface area (Å²) in [4.78, 5) is 22.7. The third-order valence-corrected chi connectivity index (χ3v) is 3.83. The number of ether oxygens (including phenoxy) is 2. The van der Waals surface area contributed by atoms with E-state index in [9.17, 15) is 14.9 Å². The second kappa shape index (κ2) is 7.64. The Balaban J connectivity index is 1.69. The van der Waals surface area contributed by atoms with Crippen LogP contribution >= 0.6 is 0 Å². The number of nitrogens with one attached hydrogen (secondary N) is 1. The van der Waals surface area contributed by atoms with Crippen molar-refractivity contribution in [2.24, 2.45) is 5.10 Å². The van der Waals surface area contributed by atoms with Crippen LogP contribution in [-0.4, -0.2) is 29.3 Å². The predicted molar refractivity (Wildman–Crippen MR) is 94.4 cm³/mol. The molecule has 8 heteroatoms. The van der Waals surface area contributed by atoms with Crippen LogP contribution in [0.5, 0.6) is 11.5 Å². The van der Waals surface area contributed by atoms with Gasteiger partial charge in [0, 0.05) is 18.1 Å². The zero-order chi connectivity index (χ0) is 18.5. The van der Waals surface area contributed by atoms with E-state index < -0.39 is 16.9 Å². The van der Waals surface area contributed by atoms with E-state index in [-0.39, 0.29) is 11.4 Å². The van der Waals surface area contributed by atoms with E-state index in [0.29, 0.717) is 18.7 Å². The van der Waals surface area contributed by atoms with E-state index in [0.717, 1.165) is 11.3 Å². The highest BCUT2D eigenvalue weighted by atomic mass is 16.6. The lowest BCUT2D eigenvalue weighted by Crippen LogP contribution is -2.34. The van der Waals surface area contributed by atoms with Crippen molar-refractivity contribution in [3.8, 4) is 11.5 Å². The Morgan fingerprint density at radius 1 is 1.27 bits per heavy atom. The van der Waals surface area contributed by atoms with Crippen LogP contribution in [0, 0.1) is 10.1 Å². The number of fused-ring (bicyclic) bond motifs is 1. The lowest BCUT2D eigenvalue weighted by atomic mass is 10.0. The Bertz CT molecular complexity index is 865. The number of nitro groups is 1. The van der Waals surface area contributed by atoms with Crippen molar-refractivity contribution in [1.82, 2.24) is 5.43 Å². The van der Waals surface area contributed by atoms with E-state index >= 15 is 0 Å². The number of benzene rings is 2. The minimum atomic E-state index is -0.949. The van der Waals surface area contributed by atoms with Gasteiger partial charge in [0.2, 0.25) is 0 Å². The SMILES string of the molecule is C[C@H](Oc1ccccc1[N+](=O)[O-])C(=O)N/N=C1/CCOc2ccccc21. The van der Waals surface area contributed by atoms with E-state index in [1.54, 1.807) is 6.07 Å². The number of para-hydroxylation sites is 3. The summed E-state index contributed by atoms with van der Waals surface area (Å²) in [6.45, 7) is 1.98. The molecule has 2 aromatic carbocycles. The minimum Gasteiger partial charge on any atom is -0.492 e. The summed E-state index contributed by atoms with van der Waals surface area (Å²) < 4.78 is 11.0. The van der Waals surface area contributed by atoms with E-state index in [2.05, 4.69) is 10.5 Å². The van der Waals surface area contributed by atoms with Crippen LogP contribution in [-0.2, 0) is 4.79 Å². The summed E-state index contributed by atoms with van der Waals surface area (Å²) in [5.41, 5.74) is 3.80. The second-order valence-electron chi connectivity index (χ2n) is 5.61. The maximum atomic E-state index is 12.2. The summed E-state index contributed by atoms with van der Waals surface area (Å²) in [5.74, 6) is 0.250. The molecule has 0 fully saturated rings. The van der Waals surface area contributed by atoms with Gasteiger partial charge in [-0.1, -0.05) is 24.3 Å². The molecule has 0 aromatic heterocycles. The van der Waals surface area contributed by atoms with Crippen molar-refractivity contribution in [2.75, 3.05) is 6.61 Å². The first kappa shape index (κ1) is 17.4. The van der Waals surface area contributed by atoms with Crippen molar-refractivity contribution < 1.29 is 19.2 Å². The van der Waals surface area contributed by atoms with Gasteiger partial charge in [-0.05, 0) is 25.1 Å². The van der Waals surface area contributed by atoms with Crippen LogP contribution < -0.4 is 14.9 Å². The number of hydrazone groups is 1. The van der Waals surface area contributed by atoms with Crippen LogP contribution in [0.4, 0.5) is 5.69 Å². The number of carbonyl (C=O) groups excluding carboxylic acids is 1. The number of hydrogen-bond donors (Lipinski definition) is 1. The van der Waals surface area contributed by atoms with Crippen LogP contribution in [0.15, 0.2) is 53.6 Å². The first-order valence-corrected chi connectivity index (χ1v) is 8.05. The number of amides is 1. The first-order valence-electron chi connectivity index (χ1n) is 8.05. The van der Waals surface area contributed by atoms with Gasteiger partial charge >= 0.3 is 5.69 Å². The molecule has 8 nitrogen and oxygen atoms in total. The molecule has 1 amide bonds. The second-order valence-corrected chi connectivity index (χ2v) is 5.61. The fourth-order valence-corrected chi connectivity index (χ4v) is 2.50. The lowest BCUT2D eigenvalue weighted by Gasteiger charge is -2.19. The van der Waals surface area contributed by atoms with E-state index in [4.69, 9.17) is 9.47 Å². The molecule has 0 saturated heterocycles. The molecule has 0 saturated carbocycles. The van der Waals surface area contributed by atoms with Crippen LogP contribution in [0.2, 0.25) is 0 Å². The van der Waals surface area contributed by atoms with Gasteiger partial charge in [0.1, 0.15) is 5.75 Å². The standard InChI is InChI=1S/C18H17N3O5/c1-12(26-17-9-5-3-7-15(17)21(23)24)18(22)20-19-14-10-11-25-16-8-4-2-6-13(14)16/h2-9,12H,10-11H2,1H3,(H,20,22)/b19-14-/t12-/m0/s1. The molecule has 1 aliphatic rings. The summed E-state index contributed by atoms with van der Waals surface area (Å²) in [5, 5.41) is 15.2. The first-order chi connectivity index (χ1) is 12.6. The molecule has 0 radical (unpaired) electrons. The molecule has 1 N–H and O–H groups in total. The molecule has 134 valence electrons. The van der Waals surface area contributed by atoms with Gasteiger partial charge in [0.25, 0.3) is 5.91 Å². The molecule has 0 bridgehead atoms. The highest BCUT2D eigenvalue weighted by Crippen LogP contribution is 2.27. The maximum absolute atomic E-state index is 12.2. The Labute approximate surface area is 149 Å². The third-order valence-electron chi connectivity index (χ3n) is 3.83. The zero-order valence-electron chi connectivity index (χ0n) is 14.0. The molecule has 1 aliphatic heterocycles. The molecule has 2 aromatic rings. The fourth-order valence-electron chi connectivity index (χ4n) is 2.50. The average molecular weight is 355 g/mol. The third kappa shape index (κ3) is 3.80. The van der Waals surface area contributed by atoms with Crippen LogP contribution in [0.25, 0.3) is 0 Å². The predicted octanol–water partition coefficient (Wildman–Crippen LogP) is 2.67. The topological polar surface area (TPSA) is 103 Å². The summed E-state index contributed by atoms with van der Waals surface area (Å²) >= 11 is 0. The van der Waals surface area contributed by atoms with Crippen molar-refractivity contribution in [3.63, 3.8) is 0 Å². The van der Waals surface area contributed by atoms with E-state index in [1.807, 2.05) is 24.3 Å².